The van der Waals surface area contributed by atoms with Crippen molar-refractivity contribution in [2.45, 2.75) is 24.4 Å². The van der Waals surface area contributed by atoms with Crippen molar-refractivity contribution >= 4 is 46.2 Å². The molecule has 1 amide bonds. The fourth-order valence-corrected chi connectivity index (χ4v) is 4.39. The Balaban J connectivity index is 1.60. The van der Waals surface area contributed by atoms with Crippen molar-refractivity contribution in [3.8, 4) is 9.88 Å². The maximum Gasteiger partial charge on any atom is 0.325 e. The predicted molar refractivity (Wildman–Crippen MR) is 89.9 cm³/mol. The molecule has 0 bridgehead atoms. The maximum atomic E-state index is 12.2. The molecule has 3 rings (SSSR count). The topological polar surface area (TPSA) is 94.3 Å². The number of aromatic nitrogens is 1. The highest BCUT2D eigenvalue weighted by Crippen LogP contribution is 2.34. The number of nitrogens with one attached hydrogen (secondary N) is 1. The van der Waals surface area contributed by atoms with Crippen molar-refractivity contribution in [1.29, 1.82) is 0 Å². The lowest BCUT2D eigenvalue weighted by molar-refractivity contribution is -0.151. The van der Waals surface area contributed by atoms with E-state index in [4.69, 9.17) is 17.3 Å². The number of ether oxygens (including phenoxy) is 1. The van der Waals surface area contributed by atoms with E-state index in [2.05, 4.69) is 15.0 Å². The largest absolute Gasteiger partial charge is 0.468 e. The van der Waals surface area contributed by atoms with Crippen molar-refractivity contribution in [3.63, 3.8) is 0 Å². The molecule has 0 spiro atoms. The molecule has 6 nitrogen and oxygen atoms in total. The van der Waals surface area contributed by atoms with E-state index in [1.165, 1.54) is 36.0 Å². The molecule has 1 aliphatic carbocycles. The summed E-state index contributed by atoms with van der Waals surface area (Å²) in [6.45, 7) is 0. The SMILES string of the molecule is COC(=O)C1(N)CC(NC(=O)c2cnc(-c3ccc(Cl)s3)s2)C1. The molecule has 0 radical (unpaired) electrons. The predicted octanol–water partition coefficient (Wildman–Crippen LogP) is 2.29. The van der Waals surface area contributed by atoms with Crippen LogP contribution in [0, 0.1) is 0 Å². The highest BCUT2D eigenvalue weighted by atomic mass is 35.5. The first-order valence-electron chi connectivity index (χ1n) is 6.81. The van der Waals surface area contributed by atoms with Gasteiger partial charge in [0.15, 0.2) is 0 Å². The van der Waals surface area contributed by atoms with Gasteiger partial charge in [-0.15, -0.1) is 22.7 Å². The summed E-state index contributed by atoms with van der Waals surface area (Å²) < 4.78 is 5.33. The second-order valence-electron chi connectivity index (χ2n) is 5.36. The minimum Gasteiger partial charge on any atom is -0.468 e. The van der Waals surface area contributed by atoms with Gasteiger partial charge in [0.1, 0.15) is 15.4 Å². The third-order valence-corrected chi connectivity index (χ3v) is 6.06. The maximum absolute atomic E-state index is 12.2. The van der Waals surface area contributed by atoms with E-state index in [-0.39, 0.29) is 11.9 Å². The molecule has 1 fully saturated rings. The molecule has 2 heterocycles. The summed E-state index contributed by atoms with van der Waals surface area (Å²) in [5.41, 5.74) is 4.91. The Hall–Kier alpha value is -1.48. The minimum atomic E-state index is -0.987. The molecule has 2 aromatic rings. The number of rotatable bonds is 4. The van der Waals surface area contributed by atoms with Gasteiger partial charge in [0, 0.05) is 6.04 Å². The van der Waals surface area contributed by atoms with Gasteiger partial charge in [-0.05, 0) is 25.0 Å². The molecular formula is C14H14ClN3O3S2. The molecule has 0 atom stereocenters. The van der Waals surface area contributed by atoms with Crippen LogP contribution in [0.1, 0.15) is 22.5 Å². The van der Waals surface area contributed by atoms with Crippen LogP contribution in [-0.2, 0) is 9.53 Å². The number of nitrogens with two attached hydrogens (primary N) is 1. The smallest absolute Gasteiger partial charge is 0.325 e. The van der Waals surface area contributed by atoms with Gasteiger partial charge >= 0.3 is 5.97 Å². The van der Waals surface area contributed by atoms with Gasteiger partial charge in [0.25, 0.3) is 5.91 Å². The molecule has 1 aliphatic rings. The van der Waals surface area contributed by atoms with Gasteiger partial charge in [0.05, 0.1) is 22.5 Å². The Labute approximate surface area is 145 Å². The van der Waals surface area contributed by atoms with E-state index in [0.29, 0.717) is 22.1 Å². The third kappa shape index (κ3) is 3.25. The first-order valence-corrected chi connectivity index (χ1v) is 8.82. The number of thiazole rings is 1. The summed E-state index contributed by atoms with van der Waals surface area (Å²) in [5.74, 6) is -0.661. The summed E-state index contributed by atoms with van der Waals surface area (Å²) in [6, 6.07) is 3.54. The Morgan fingerprint density at radius 3 is 2.78 bits per heavy atom. The van der Waals surface area contributed by atoms with Gasteiger partial charge in [-0.3, -0.25) is 9.59 Å². The number of hydrogen-bond acceptors (Lipinski definition) is 7. The molecule has 2 aromatic heterocycles. The van der Waals surface area contributed by atoms with Gasteiger partial charge in [0.2, 0.25) is 0 Å². The van der Waals surface area contributed by atoms with Crippen LogP contribution in [-0.4, -0.2) is 35.6 Å². The Kier molecular flexibility index (Phi) is 4.41. The summed E-state index contributed by atoms with van der Waals surface area (Å²) in [7, 11) is 1.30. The van der Waals surface area contributed by atoms with Crippen LogP contribution >= 0.6 is 34.3 Å². The van der Waals surface area contributed by atoms with Crippen molar-refractivity contribution in [1.82, 2.24) is 10.3 Å². The van der Waals surface area contributed by atoms with E-state index in [9.17, 15) is 9.59 Å². The second kappa shape index (κ2) is 6.20. The quantitative estimate of drug-likeness (QED) is 0.804. The van der Waals surface area contributed by atoms with Crippen molar-refractivity contribution in [3.05, 3.63) is 27.5 Å². The summed E-state index contributed by atoms with van der Waals surface area (Å²) >= 11 is 8.62. The van der Waals surface area contributed by atoms with E-state index >= 15 is 0 Å². The molecular weight excluding hydrogens is 358 g/mol. The first-order chi connectivity index (χ1) is 10.9. The zero-order chi connectivity index (χ0) is 16.6. The molecule has 122 valence electrons. The summed E-state index contributed by atoms with van der Waals surface area (Å²) in [5, 5.41) is 3.61. The van der Waals surface area contributed by atoms with Crippen LogP contribution in [0.25, 0.3) is 9.88 Å². The monoisotopic (exact) mass is 371 g/mol. The Morgan fingerprint density at radius 1 is 1.43 bits per heavy atom. The number of halogens is 1. The molecule has 3 N–H and O–H groups in total. The van der Waals surface area contributed by atoms with Crippen LogP contribution < -0.4 is 11.1 Å². The number of carbonyl (C=O) groups excluding carboxylic acids is 2. The van der Waals surface area contributed by atoms with Crippen molar-refractivity contribution in [2.75, 3.05) is 7.11 Å². The average Bonchev–Trinajstić information content (AvgIpc) is 3.13. The number of esters is 1. The fraction of sp³-hybridized carbons (Fsp3) is 0.357. The van der Waals surface area contributed by atoms with Crippen LogP contribution in [0.5, 0.6) is 0 Å². The zero-order valence-corrected chi connectivity index (χ0v) is 14.6. The Bertz CT molecular complexity index is 752. The number of methoxy groups -OCH3 is 1. The number of thiophene rings is 1. The fourth-order valence-electron chi connectivity index (χ4n) is 2.47. The lowest BCUT2D eigenvalue weighted by Crippen LogP contribution is -2.64. The van der Waals surface area contributed by atoms with Crippen molar-refractivity contribution in [2.24, 2.45) is 5.73 Å². The van der Waals surface area contributed by atoms with Crippen molar-refractivity contribution < 1.29 is 14.3 Å². The first kappa shape index (κ1) is 16.4. The Morgan fingerprint density at radius 2 is 2.17 bits per heavy atom. The van der Waals surface area contributed by atoms with E-state index < -0.39 is 11.5 Å². The lowest BCUT2D eigenvalue weighted by atomic mass is 9.73. The summed E-state index contributed by atoms with van der Waals surface area (Å²) in [6.07, 6.45) is 2.28. The van der Waals surface area contributed by atoms with Gasteiger partial charge in [-0.2, -0.15) is 0 Å². The average molecular weight is 372 g/mol. The molecule has 9 heteroatoms. The van der Waals surface area contributed by atoms with Crippen LogP contribution in [0.15, 0.2) is 18.3 Å². The van der Waals surface area contributed by atoms with E-state index in [0.717, 1.165) is 9.88 Å². The molecule has 0 unspecified atom stereocenters. The highest BCUT2D eigenvalue weighted by Gasteiger charge is 2.48. The summed E-state index contributed by atoms with van der Waals surface area (Å²) in [4.78, 5) is 29.4. The number of carbonyl (C=O) groups is 2. The third-order valence-electron chi connectivity index (χ3n) is 3.66. The van der Waals surface area contributed by atoms with E-state index in [1.807, 2.05) is 6.07 Å². The molecule has 0 aromatic carbocycles. The van der Waals surface area contributed by atoms with Crippen LogP contribution in [0.4, 0.5) is 0 Å². The minimum absolute atomic E-state index is 0.131. The lowest BCUT2D eigenvalue weighted by Gasteiger charge is -2.42. The van der Waals surface area contributed by atoms with Gasteiger partial charge < -0.3 is 15.8 Å². The molecule has 23 heavy (non-hydrogen) atoms. The van der Waals surface area contributed by atoms with Gasteiger partial charge in [-0.25, -0.2) is 4.98 Å². The molecule has 1 saturated carbocycles. The van der Waals surface area contributed by atoms with Crippen LogP contribution in [0.3, 0.4) is 0 Å². The highest BCUT2D eigenvalue weighted by molar-refractivity contribution is 7.24. The normalized spacial score (nSPS) is 23.2. The van der Waals surface area contributed by atoms with Crippen LogP contribution in [0.2, 0.25) is 4.34 Å². The molecule has 0 saturated heterocycles. The molecule has 0 aliphatic heterocycles. The zero-order valence-electron chi connectivity index (χ0n) is 12.2. The second-order valence-corrected chi connectivity index (χ2v) is 8.11. The van der Waals surface area contributed by atoms with Gasteiger partial charge in [-0.1, -0.05) is 11.6 Å². The number of amides is 1. The number of hydrogen-bond donors (Lipinski definition) is 2. The van der Waals surface area contributed by atoms with E-state index in [1.54, 1.807) is 6.07 Å². The number of nitrogens with zero attached hydrogens (tertiary/aromatic N) is 1. The standard InChI is InChI=1S/C14H14ClN3O3S2/c1-21-13(20)14(16)4-7(5-14)18-11(19)9-6-17-12(23-9)8-2-3-10(15)22-8/h2-3,6-7H,4-5,16H2,1H3,(H,18,19).